The van der Waals surface area contributed by atoms with E-state index in [-0.39, 0.29) is 24.0 Å². The highest BCUT2D eigenvalue weighted by molar-refractivity contribution is 7.85. The highest BCUT2D eigenvalue weighted by Gasteiger charge is 2.21. The van der Waals surface area contributed by atoms with Crippen molar-refractivity contribution < 1.29 is 22.6 Å². The first-order chi connectivity index (χ1) is 23.7. The second-order valence-corrected chi connectivity index (χ2v) is 16.5. The normalized spacial score (nSPS) is 12.3. The molecule has 0 saturated carbocycles. The summed E-state index contributed by atoms with van der Waals surface area (Å²) in [6.45, 7) is 7.83. The molecule has 0 heterocycles. The molecule has 2 amide bonds. The molecule has 49 heavy (non-hydrogen) atoms. The zero-order chi connectivity index (χ0) is 36.3. The van der Waals surface area contributed by atoms with Crippen LogP contribution in [0.15, 0.2) is 0 Å². The Morgan fingerprint density at radius 1 is 0.510 bits per heavy atom. The van der Waals surface area contributed by atoms with E-state index in [4.69, 9.17) is 4.55 Å². The molecule has 0 bridgehead atoms. The third kappa shape index (κ3) is 35.1. The van der Waals surface area contributed by atoms with Crippen LogP contribution in [0.25, 0.3) is 0 Å². The second kappa shape index (κ2) is 35.3. The molecule has 0 aromatic heterocycles. The minimum absolute atomic E-state index is 0.00381. The second-order valence-electron chi connectivity index (χ2n) is 14.9. The maximum absolute atomic E-state index is 13.4. The summed E-state index contributed by atoms with van der Waals surface area (Å²) >= 11 is 0. The maximum Gasteiger partial charge on any atom is 0.264 e. The molecule has 0 rings (SSSR count). The fourth-order valence-corrected chi connectivity index (χ4v) is 7.29. The third-order valence-electron chi connectivity index (χ3n) is 9.93. The Balaban J connectivity index is 4.36. The summed E-state index contributed by atoms with van der Waals surface area (Å²) in [6.07, 6.45) is 38.4. The number of amides is 2. The van der Waals surface area contributed by atoms with E-state index in [9.17, 15) is 18.0 Å². The highest BCUT2D eigenvalue weighted by atomic mass is 32.2. The van der Waals surface area contributed by atoms with Crippen LogP contribution in [0.1, 0.15) is 226 Å². The Labute approximate surface area is 305 Å². The molecular formula is C41H82N2O5S. The molecule has 0 aliphatic rings. The Morgan fingerprint density at radius 3 is 1.14 bits per heavy atom. The molecule has 0 spiro atoms. The van der Waals surface area contributed by atoms with E-state index >= 15 is 0 Å². The lowest BCUT2D eigenvalue weighted by molar-refractivity contribution is -0.136. The Morgan fingerprint density at radius 2 is 0.816 bits per heavy atom. The fourth-order valence-electron chi connectivity index (χ4n) is 6.72. The van der Waals surface area contributed by atoms with E-state index < -0.39 is 16.2 Å². The Hall–Kier alpha value is -1.15. The number of carbonyl (C=O) groups is 2. The van der Waals surface area contributed by atoms with Crippen LogP contribution in [-0.2, 0) is 19.7 Å². The molecule has 0 saturated heterocycles. The molecule has 0 aromatic carbocycles. The molecule has 7 nitrogen and oxygen atoms in total. The highest BCUT2D eigenvalue weighted by Crippen LogP contribution is 2.15. The summed E-state index contributed by atoms with van der Waals surface area (Å²) in [7, 11) is -3.96. The Kier molecular flexibility index (Phi) is 34.4. The molecule has 0 aromatic rings. The van der Waals surface area contributed by atoms with Crippen LogP contribution in [-0.4, -0.2) is 54.6 Å². The van der Waals surface area contributed by atoms with Crippen LogP contribution in [0.5, 0.6) is 0 Å². The summed E-state index contributed by atoms with van der Waals surface area (Å²) in [5.41, 5.74) is 0. The zero-order valence-electron chi connectivity index (χ0n) is 32.8. The van der Waals surface area contributed by atoms with Gasteiger partial charge in [-0.1, -0.05) is 187 Å². The lowest BCUT2D eigenvalue weighted by Crippen LogP contribution is -2.47. The molecule has 0 aliphatic carbocycles. The Bertz CT molecular complexity index is 819. The van der Waals surface area contributed by atoms with Gasteiger partial charge >= 0.3 is 0 Å². The van der Waals surface area contributed by atoms with Gasteiger partial charge in [0.1, 0.15) is 6.04 Å². The average molecular weight is 715 g/mol. The molecule has 8 heteroatoms. The summed E-state index contributed by atoms with van der Waals surface area (Å²) < 4.78 is 30.6. The summed E-state index contributed by atoms with van der Waals surface area (Å²) in [6, 6.07) is -0.566. The van der Waals surface area contributed by atoms with Gasteiger partial charge in [0.05, 0.1) is 5.75 Å². The molecular weight excluding hydrogens is 633 g/mol. The maximum atomic E-state index is 13.4. The largest absolute Gasteiger partial charge is 0.345 e. The van der Waals surface area contributed by atoms with Crippen LogP contribution in [0, 0.1) is 0 Å². The number of nitrogens with one attached hydrogen (secondary N) is 1. The van der Waals surface area contributed by atoms with Crippen molar-refractivity contribution in [3.05, 3.63) is 0 Å². The molecule has 0 radical (unpaired) electrons. The van der Waals surface area contributed by atoms with E-state index in [1.807, 2.05) is 4.90 Å². The van der Waals surface area contributed by atoms with Gasteiger partial charge in [-0.15, -0.1) is 0 Å². The van der Waals surface area contributed by atoms with Gasteiger partial charge in [0.2, 0.25) is 11.8 Å². The molecule has 292 valence electrons. The van der Waals surface area contributed by atoms with Gasteiger partial charge in [-0.3, -0.25) is 14.1 Å². The minimum atomic E-state index is -3.96. The van der Waals surface area contributed by atoms with Crippen molar-refractivity contribution in [3.63, 3.8) is 0 Å². The van der Waals surface area contributed by atoms with Gasteiger partial charge in [0.15, 0.2) is 0 Å². The van der Waals surface area contributed by atoms with Gasteiger partial charge in [-0.05, 0) is 32.6 Å². The number of carbonyl (C=O) groups excluding carboxylic acids is 2. The number of hydrogen-bond acceptors (Lipinski definition) is 4. The van der Waals surface area contributed by atoms with Crippen molar-refractivity contribution in [2.24, 2.45) is 0 Å². The van der Waals surface area contributed by atoms with E-state index in [2.05, 4.69) is 19.2 Å². The van der Waals surface area contributed by atoms with Crippen molar-refractivity contribution in [3.8, 4) is 0 Å². The topological polar surface area (TPSA) is 104 Å². The number of rotatable bonds is 38. The van der Waals surface area contributed by atoms with Crippen LogP contribution < -0.4 is 5.32 Å². The first kappa shape index (κ1) is 47.8. The van der Waals surface area contributed by atoms with Crippen molar-refractivity contribution in [1.82, 2.24) is 10.2 Å². The van der Waals surface area contributed by atoms with Crippen LogP contribution in [0.4, 0.5) is 0 Å². The SMILES string of the molecule is CCCCCCCCCCCCCCCCN(CCCCCCCCCCCCCCCC)C(=O)[C@H](C)NC(=O)CCCCCS(=O)(=O)O. The molecule has 0 aliphatic heterocycles. The third-order valence-corrected chi connectivity index (χ3v) is 10.7. The van der Waals surface area contributed by atoms with Crippen molar-refractivity contribution >= 4 is 21.9 Å². The predicted molar refractivity (Wildman–Crippen MR) is 210 cm³/mol. The van der Waals surface area contributed by atoms with Crippen molar-refractivity contribution in [1.29, 1.82) is 0 Å². The standard InChI is InChI=1S/C41H82N2O5S/c1-4-6-8-10-12-14-16-18-20-22-24-26-28-32-36-43(37-33-29-27-25-23-21-19-17-15-13-11-9-7-5-2)41(45)39(3)42-40(44)35-31-30-34-38-49(46,47)48/h39H,4-38H2,1-3H3,(H,42,44)(H,46,47,48)/t39-/m0/s1. The summed E-state index contributed by atoms with van der Waals surface area (Å²) in [5.74, 6) is -0.457. The lowest BCUT2D eigenvalue weighted by Gasteiger charge is -2.26. The number of unbranched alkanes of at least 4 members (excludes halogenated alkanes) is 28. The zero-order valence-corrected chi connectivity index (χ0v) is 33.6. The van der Waals surface area contributed by atoms with Crippen molar-refractivity contribution in [2.75, 3.05) is 18.8 Å². The van der Waals surface area contributed by atoms with E-state index in [0.29, 0.717) is 19.3 Å². The first-order valence-electron chi connectivity index (χ1n) is 21.2. The molecule has 2 N–H and O–H groups in total. The predicted octanol–water partition coefficient (Wildman–Crippen LogP) is 11.7. The van der Waals surface area contributed by atoms with Gasteiger partial charge in [-0.25, -0.2) is 0 Å². The number of nitrogens with zero attached hydrogens (tertiary/aromatic N) is 1. The van der Waals surface area contributed by atoms with Gasteiger partial charge in [0, 0.05) is 19.5 Å². The summed E-state index contributed by atoms with van der Waals surface area (Å²) in [4.78, 5) is 27.9. The van der Waals surface area contributed by atoms with Gasteiger partial charge in [0.25, 0.3) is 10.1 Å². The fraction of sp³-hybridized carbons (Fsp3) is 0.951. The summed E-state index contributed by atoms with van der Waals surface area (Å²) in [5, 5.41) is 2.87. The first-order valence-corrected chi connectivity index (χ1v) is 22.9. The monoisotopic (exact) mass is 715 g/mol. The average Bonchev–Trinajstić information content (AvgIpc) is 3.06. The molecule has 0 fully saturated rings. The van der Waals surface area contributed by atoms with Crippen LogP contribution in [0.2, 0.25) is 0 Å². The number of hydrogen-bond donors (Lipinski definition) is 2. The van der Waals surface area contributed by atoms with Gasteiger partial charge < -0.3 is 10.2 Å². The van der Waals surface area contributed by atoms with Crippen molar-refractivity contribution in [2.45, 2.75) is 232 Å². The minimum Gasteiger partial charge on any atom is -0.345 e. The molecule has 0 unspecified atom stereocenters. The van der Waals surface area contributed by atoms with Crippen LogP contribution in [0.3, 0.4) is 0 Å². The molecule has 1 atom stereocenters. The van der Waals surface area contributed by atoms with Crippen LogP contribution >= 0.6 is 0 Å². The van der Waals surface area contributed by atoms with Gasteiger partial charge in [-0.2, -0.15) is 8.42 Å². The van der Waals surface area contributed by atoms with E-state index in [1.54, 1.807) is 6.92 Å². The quantitative estimate of drug-likeness (QED) is 0.0489. The lowest BCUT2D eigenvalue weighted by atomic mass is 10.0. The smallest absolute Gasteiger partial charge is 0.264 e. The van der Waals surface area contributed by atoms with E-state index in [0.717, 1.165) is 38.8 Å². The van der Waals surface area contributed by atoms with E-state index in [1.165, 1.54) is 154 Å².